The van der Waals surface area contributed by atoms with Crippen LogP contribution < -0.4 is 10.2 Å². The van der Waals surface area contributed by atoms with Gasteiger partial charge in [0.05, 0.1) is 11.2 Å². The lowest BCUT2D eigenvalue weighted by atomic mass is 9.79. The maximum Gasteiger partial charge on any atom is 0.494 e. The maximum absolute atomic E-state index is 12.4. The summed E-state index contributed by atoms with van der Waals surface area (Å²) >= 11 is 0. The summed E-state index contributed by atoms with van der Waals surface area (Å²) in [7, 11) is 1.33. The lowest BCUT2D eigenvalue weighted by Gasteiger charge is -2.32. The number of carbonyl (C=O) groups excluding carboxylic acids is 1. The molecule has 34 heavy (non-hydrogen) atoms. The van der Waals surface area contributed by atoms with E-state index in [0.717, 1.165) is 16.8 Å². The largest absolute Gasteiger partial charge is 0.494 e. The maximum atomic E-state index is 12.4. The van der Waals surface area contributed by atoms with Crippen molar-refractivity contribution in [3.05, 3.63) is 60.2 Å². The zero-order chi connectivity index (χ0) is 25.1. The monoisotopic (exact) mass is 467 g/mol. The van der Waals surface area contributed by atoms with Crippen molar-refractivity contribution >= 4 is 18.7 Å². The molecule has 0 spiro atoms. The third kappa shape index (κ3) is 6.54. The molecule has 0 aliphatic carbocycles. The van der Waals surface area contributed by atoms with E-state index in [1.807, 2.05) is 103 Å². The molecule has 0 radical (unpaired) electrons. The van der Waals surface area contributed by atoms with Gasteiger partial charge in [0.2, 0.25) is 0 Å². The minimum atomic E-state index is -0.528. The second-order valence-electron chi connectivity index (χ2n) is 10.9. The Bertz CT molecular complexity index is 937. The molecular formula is C27H38BNO5. The third-order valence-corrected chi connectivity index (χ3v) is 6.29. The number of hydrogen-bond donors (Lipinski definition) is 0. The minimum absolute atomic E-state index is 0.214. The molecule has 1 saturated heterocycles. The quantitative estimate of drug-likeness (QED) is 0.513. The van der Waals surface area contributed by atoms with Gasteiger partial charge in [-0.25, -0.2) is 4.79 Å². The Labute approximate surface area is 204 Å². The molecule has 1 amide bonds. The molecule has 0 saturated carbocycles. The second kappa shape index (κ2) is 10.0. The van der Waals surface area contributed by atoms with Crippen LogP contribution in [-0.2, 0) is 14.0 Å². The molecule has 1 heterocycles. The van der Waals surface area contributed by atoms with Crippen LogP contribution in [0.25, 0.3) is 0 Å². The summed E-state index contributed by atoms with van der Waals surface area (Å²) < 4.78 is 24.1. The first-order valence-electron chi connectivity index (χ1n) is 11.9. The normalized spacial score (nSPS) is 17.8. The molecule has 7 heteroatoms. The van der Waals surface area contributed by atoms with Gasteiger partial charge in [-0.3, -0.25) is 0 Å². The summed E-state index contributed by atoms with van der Waals surface area (Å²) in [5.41, 5.74) is 0.707. The van der Waals surface area contributed by atoms with Crippen molar-refractivity contribution in [3.63, 3.8) is 0 Å². The van der Waals surface area contributed by atoms with Crippen molar-refractivity contribution in [2.45, 2.75) is 77.8 Å². The molecule has 0 bridgehead atoms. The Balaban J connectivity index is 1.68. The fraction of sp³-hybridized carbons (Fsp3) is 0.519. The Kier molecular flexibility index (Phi) is 7.68. The zero-order valence-electron chi connectivity index (χ0n) is 21.8. The van der Waals surface area contributed by atoms with Crippen molar-refractivity contribution < 1.29 is 23.6 Å². The van der Waals surface area contributed by atoms with Crippen LogP contribution >= 0.6 is 0 Å². The summed E-state index contributed by atoms with van der Waals surface area (Å²) in [6, 6.07) is 17.9. The van der Waals surface area contributed by atoms with E-state index in [4.69, 9.17) is 18.8 Å². The van der Waals surface area contributed by atoms with E-state index in [1.54, 1.807) is 11.9 Å². The van der Waals surface area contributed by atoms with E-state index >= 15 is 0 Å². The lowest BCUT2D eigenvalue weighted by Crippen LogP contribution is -2.41. The van der Waals surface area contributed by atoms with Gasteiger partial charge in [-0.1, -0.05) is 42.5 Å². The number of amides is 1. The third-order valence-electron chi connectivity index (χ3n) is 6.29. The standard InChI is InChI=1S/C27H38BNO5/c1-25(2,3)32-24(30)29(8)19-18-23(20-12-10-9-11-13-20)31-22-16-14-21(15-17-22)28-33-26(4,5)27(6,7)34-28/h9-17,23H,18-19H2,1-8H3. The molecule has 1 aliphatic rings. The molecule has 1 aliphatic heterocycles. The summed E-state index contributed by atoms with van der Waals surface area (Å²) in [6.07, 6.45) is 0.0681. The number of hydrogen-bond acceptors (Lipinski definition) is 5. The second-order valence-corrected chi connectivity index (χ2v) is 10.9. The van der Waals surface area contributed by atoms with Gasteiger partial charge in [-0.2, -0.15) is 0 Å². The molecule has 2 aromatic carbocycles. The van der Waals surface area contributed by atoms with Gasteiger partial charge in [0.25, 0.3) is 0 Å². The summed E-state index contributed by atoms with van der Waals surface area (Å²) in [5.74, 6) is 0.744. The molecule has 1 unspecified atom stereocenters. The molecule has 1 atom stereocenters. The number of rotatable bonds is 7. The SMILES string of the molecule is CN(CCC(Oc1ccc(B2OC(C)(C)C(C)(C)O2)cc1)c1ccccc1)C(=O)OC(C)(C)C. The van der Waals surface area contributed by atoms with E-state index in [-0.39, 0.29) is 23.4 Å². The van der Waals surface area contributed by atoms with Gasteiger partial charge in [-0.05, 0) is 71.6 Å². The van der Waals surface area contributed by atoms with Gasteiger partial charge in [0, 0.05) is 20.0 Å². The van der Waals surface area contributed by atoms with E-state index < -0.39 is 12.7 Å². The Morgan fingerprint density at radius 3 is 2.06 bits per heavy atom. The highest BCUT2D eigenvalue weighted by atomic mass is 16.7. The summed E-state index contributed by atoms with van der Waals surface area (Å²) in [6.45, 7) is 14.3. The molecule has 184 valence electrons. The minimum Gasteiger partial charge on any atom is -0.486 e. The summed E-state index contributed by atoms with van der Waals surface area (Å²) in [4.78, 5) is 13.9. The Morgan fingerprint density at radius 2 is 1.53 bits per heavy atom. The summed E-state index contributed by atoms with van der Waals surface area (Å²) in [5, 5.41) is 0. The average molecular weight is 467 g/mol. The van der Waals surface area contributed by atoms with E-state index in [2.05, 4.69) is 0 Å². The first-order chi connectivity index (χ1) is 15.8. The number of benzene rings is 2. The van der Waals surface area contributed by atoms with Crippen molar-refractivity contribution in [1.29, 1.82) is 0 Å². The topological polar surface area (TPSA) is 57.2 Å². The first kappa shape index (κ1) is 26.1. The molecule has 2 aromatic rings. The predicted octanol–water partition coefficient (Wildman–Crippen LogP) is 5.36. The van der Waals surface area contributed by atoms with Crippen LogP contribution in [0.1, 0.15) is 66.6 Å². The van der Waals surface area contributed by atoms with Crippen molar-refractivity contribution in [1.82, 2.24) is 4.90 Å². The number of carbonyl (C=O) groups is 1. The molecule has 0 N–H and O–H groups in total. The average Bonchev–Trinajstić information content (AvgIpc) is 2.97. The van der Waals surface area contributed by atoms with Crippen LogP contribution in [-0.4, -0.2) is 48.5 Å². The lowest BCUT2D eigenvalue weighted by molar-refractivity contribution is 0.00578. The smallest absolute Gasteiger partial charge is 0.486 e. The Morgan fingerprint density at radius 1 is 0.971 bits per heavy atom. The van der Waals surface area contributed by atoms with Crippen molar-refractivity contribution in [2.75, 3.05) is 13.6 Å². The van der Waals surface area contributed by atoms with Gasteiger partial charge >= 0.3 is 13.2 Å². The van der Waals surface area contributed by atoms with E-state index in [9.17, 15) is 4.79 Å². The van der Waals surface area contributed by atoms with Gasteiger partial charge in [0.15, 0.2) is 0 Å². The van der Waals surface area contributed by atoms with Gasteiger partial charge in [0.1, 0.15) is 17.5 Å². The van der Waals surface area contributed by atoms with Crippen LogP contribution in [0.2, 0.25) is 0 Å². The zero-order valence-corrected chi connectivity index (χ0v) is 21.8. The van der Waals surface area contributed by atoms with Crippen LogP contribution in [0.5, 0.6) is 5.75 Å². The Hall–Kier alpha value is -2.51. The van der Waals surface area contributed by atoms with Crippen LogP contribution in [0, 0.1) is 0 Å². The van der Waals surface area contributed by atoms with E-state index in [1.165, 1.54) is 0 Å². The highest BCUT2D eigenvalue weighted by Gasteiger charge is 2.51. The number of nitrogens with zero attached hydrogens (tertiary/aromatic N) is 1. The van der Waals surface area contributed by atoms with Crippen LogP contribution in [0.15, 0.2) is 54.6 Å². The van der Waals surface area contributed by atoms with Crippen molar-refractivity contribution in [3.8, 4) is 5.75 Å². The van der Waals surface area contributed by atoms with Gasteiger partial charge in [-0.15, -0.1) is 0 Å². The van der Waals surface area contributed by atoms with Crippen LogP contribution in [0.4, 0.5) is 4.79 Å². The fourth-order valence-corrected chi connectivity index (χ4v) is 3.55. The highest BCUT2D eigenvalue weighted by molar-refractivity contribution is 6.62. The molecule has 6 nitrogen and oxygen atoms in total. The molecule has 0 aromatic heterocycles. The van der Waals surface area contributed by atoms with Gasteiger partial charge < -0.3 is 23.7 Å². The molecule has 3 rings (SSSR count). The first-order valence-corrected chi connectivity index (χ1v) is 11.9. The number of ether oxygens (including phenoxy) is 2. The predicted molar refractivity (Wildman–Crippen MR) is 135 cm³/mol. The molecular weight excluding hydrogens is 429 g/mol. The fourth-order valence-electron chi connectivity index (χ4n) is 3.55. The highest BCUT2D eigenvalue weighted by Crippen LogP contribution is 2.36. The van der Waals surface area contributed by atoms with Crippen molar-refractivity contribution in [2.24, 2.45) is 0 Å². The van der Waals surface area contributed by atoms with E-state index in [0.29, 0.717) is 13.0 Å². The van der Waals surface area contributed by atoms with Crippen LogP contribution in [0.3, 0.4) is 0 Å². The molecule has 1 fully saturated rings.